The minimum atomic E-state index is 0.0544. The third kappa shape index (κ3) is 6.32. The van der Waals surface area contributed by atoms with Crippen LogP contribution in [0.5, 0.6) is 5.75 Å². The van der Waals surface area contributed by atoms with Crippen molar-refractivity contribution in [1.82, 2.24) is 10.2 Å². The van der Waals surface area contributed by atoms with Crippen LogP contribution in [0.25, 0.3) is 0 Å². The SMILES string of the molecule is CCCC[C@@H](CC)C(=O)Nc1nnc(SCc2ccc(OC)cc2)s1. The van der Waals surface area contributed by atoms with E-state index in [1.807, 2.05) is 24.3 Å². The highest BCUT2D eigenvalue weighted by atomic mass is 32.2. The van der Waals surface area contributed by atoms with Gasteiger partial charge in [-0.25, -0.2) is 0 Å². The molecule has 2 aromatic rings. The van der Waals surface area contributed by atoms with Gasteiger partial charge >= 0.3 is 0 Å². The number of benzene rings is 1. The summed E-state index contributed by atoms with van der Waals surface area (Å²) in [4.78, 5) is 12.3. The van der Waals surface area contributed by atoms with Gasteiger partial charge in [0.2, 0.25) is 11.0 Å². The van der Waals surface area contributed by atoms with Crippen LogP contribution >= 0.6 is 23.1 Å². The van der Waals surface area contributed by atoms with Crippen molar-refractivity contribution in [2.45, 2.75) is 49.6 Å². The van der Waals surface area contributed by atoms with Gasteiger partial charge < -0.3 is 10.1 Å². The smallest absolute Gasteiger partial charge is 0.229 e. The van der Waals surface area contributed by atoms with Gasteiger partial charge in [-0.1, -0.05) is 61.9 Å². The number of aromatic nitrogens is 2. The fourth-order valence-electron chi connectivity index (χ4n) is 2.36. The number of hydrogen-bond acceptors (Lipinski definition) is 6. The topological polar surface area (TPSA) is 64.1 Å². The van der Waals surface area contributed by atoms with Crippen molar-refractivity contribution in [3.05, 3.63) is 29.8 Å². The Balaban J connectivity index is 1.85. The molecule has 25 heavy (non-hydrogen) atoms. The second-order valence-electron chi connectivity index (χ2n) is 5.75. The molecule has 0 spiro atoms. The Morgan fingerprint density at radius 2 is 2.04 bits per heavy atom. The predicted octanol–water partition coefficient (Wildman–Crippen LogP) is 4.99. The molecule has 1 N–H and O–H groups in total. The van der Waals surface area contributed by atoms with Crippen LogP contribution in [0.4, 0.5) is 5.13 Å². The molecule has 2 rings (SSSR count). The van der Waals surface area contributed by atoms with Crippen molar-refractivity contribution in [3.63, 3.8) is 0 Å². The zero-order valence-corrected chi connectivity index (χ0v) is 16.6. The molecule has 1 aromatic heterocycles. The van der Waals surface area contributed by atoms with Crippen LogP contribution in [0, 0.1) is 5.92 Å². The van der Waals surface area contributed by atoms with Gasteiger partial charge in [0.15, 0.2) is 4.34 Å². The zero-order chi connectivity index (χ0) is 18.1. The van der Waals surface area contributed by atoms with E-state index in [2.05, 4.69) is 29.4 Å². The Morgan fingerprint density at radius 3 is 2.68 bits per heavy atom. The Hall–Kier alpha value is -1.60. The first kappa shape index (κ1) is 19.7. The van der Waals surface area contributed by atoms with E-state index in [9.17, 15) is 4.79 Å². The van der Waals surface area contributed by atoms with E-state index < -0.39 is 0 Å². The summed E-state index contributed by atoms with van der Waals surface area (Å²) in [5, 5.41) is 11.7. The molecule has 0 aliphatic carbocycles. The summed E-state index contributed by atoms with van der Waals surface area (Å²) in [5.74, 6) is 1.77. The molecule has 7 heteroatoms. The third-order valence-electron chi connectivity index (χ3n) is 3.93. The first-order valence-electron chi connectivity index (χ1n) is 8.56. The first-order valence-corrected chi connectivity index (χ1v) is 10.4. The van der Waals surface area contributed by atoms with Crippen LogP contribution in [0.1, 0.15) is 45.1 Å². The molecule has 0 radical (unpaired) electrons. The fourth-order valence-corrected chi connectivity index (χ4v) is 4.07. The average Bonchev–Trinajstić information content (AvgIpc) is 3.08. The molecule has 136 valence electrons. The zero-order valence-electron chi connectivity index (χ0n) is 14.9. The lowest BCUT2D eigenvalue weighted by Crippen LogP contribution is -2.22. The monoisotopic (exact) mass is 379 g/mol. The molecule has 0 saturated carbocycles. The number of carbonyl (C=O) groups excluding carboxylic acids is 1. The molecule has 1 aromatic carbocycles. The van der Waals surface area contributed by atoms with E-state index >= 15 is 0 Å². The van der Waals surface area contributed by atoms with Gasteiger partial charge in [0.05, 0.1) is 7.11 Å². The number of nitrogens with zero attached hydrogens (tertiary/aromatic N) is 2. The van der Waals surface area contributed by atoms with Crippen molar-refractivity contribution in [2.75, 3.05) is 12.4 Å². The van der Waals surface area contributed by atoms with Crippen molar-refractivity contribution in [2.24, 2.45) is 5.92 Å². The van der Waals surface area contributed by atoms with Crippen LogP contribution in [0.3, 0.4) is 0 Å². The number of methoxy groups -OCH3 is 1. The fraction of sp³-hybridized carbons (Fsp3) is 0.500. The Kier molecular flexibility index (Phi) is 8.21. The van der Waals surface area contributed by atoms with Gasteiger partial charge in [-0.3, -0.25) is 4.79 Å². The van der Waals surface area contributed by atoms with E-state index in [0.717, 1.165) is 41.5 Å². The Morgan fingerprint density at radius 1 is 1.28 bits per heavy atom. The average molecular weight is 380 g/mol. The summed E-state index contributed by atoms with van der Waals surface area (Å²) >= 11 is 3.04. The summed E-state index contributed by atoms with van der Waals surface area (Å²) in [7, 11) is 1.66. The lowest BCUT2D eigenvalue weighted by atomic mass is 9.99. The normalized spacial score (nSPS) is 12.0. The summed E-state index contributed by atoms with van der Waals surface area (Å²) in [6, 6.07) is 7.97. The predicted molar refractivity (Wildman–Crippen MR) is 104 cm³/mol. The standard InChI is InChI=1S/C18H25N3O2S2/c1-4-6-7-14(5-2)16(22)19-17-20-21-18(25-17)24-12-13-8-10-15(23-3)11-9-13/h8-11,14H,4-7,12H2,1-3H3,(H,19,20,22)/t14-/m1/s1. The number of unbranched alkanes of at least 4 members (excludes halogenated alkanes) is 1. The molecule has 0 saturated heterocycles. The van der Waals surface area contributed by atoms with Gasteiger partial charge in [-0.05, 0) is 30.5 Å². The summed E-state index contributed by atoms with van der Waals surface area (Å²) in [6.07, 6.45) is 3.96. The minimum absolute atomic E-state index is 0.0544. The molecule has 5 nitrogen and oxygen atoms in total. The van der Waals surface area contributed by atoms with Crippen molar-refractivity contribution >= 4 is 34.1 Å². The van der Waals surface area contributed by atoms with E-state index in [0.29, 0.717) is 5.13 Å². The largest absolute Gasteiger partial charge is 0.497 e. The van der Waals surface area contributed by atoms with Crippen LogP contribution < -0.4 is 10.1 Å². The van der Waals surface area contributed by atoms with Gasteiger partial charge in [-0.2, -0.15) is 0 Å². The highest BCUT2D eigenvalue weighted by molar-refractivity contribution is 8.00. The molecule has 0 fully saturated rings. The van der Waals surface area contributed by atoms with E-state index in [1.54, 1.807) is 18.9 Å². The maximum Gasteiger partial charge on any atom is 0.229 e. The molecule has 1 atom stereocenters. The van der Waals surface area contributed by atoms with E-state index in [-0.39, 0.29) is 11.8 Å². The maximum absolute atomic E-state index is 12.3. The number of rotatable bonds is 10. The maximum atomic E-state index is 12.3. The highest BCUT2D eigenvalue weighted by Crippen LogP contribution is 2.29. The molecule has 0 bridgehead atoms. The molecule has 1 amide bonds. The molecule has 0 unspecified atom stereocenters. The third-order valence-corrected chi connectivity index (χ3v) is 5.97. The van der Waals surface area contributed by atoms with Gasteiger partial charge in [0, 0.05) is 11.7 Å². The van der Waals surface area contributed by atoms with Gasteiger partial charge in [0.1, 0.15) is 5.75 Å². The number of anilines is 1. The van der Waals surface area contributed by atoms with Crippen LogP contribution in [-0.2, 0) is 10.5 Å². The lowest BCUT2D eigenvalue weighted by Gasteiger charge is -2.12. The number of thioether (sulfide) groups is 1. The number of nitrogens with one attached hydrogen (secondary N) is 1. The summed E-state index contributed by atoms with van der Waals surface area (Å²) in [6.45, 7) is 4.19. The molecule has 1 heterocycles. The second kappa shape index (κ2) is 10.4. The number of carbonyl (C=O) groups is 1. The van der Waals surface area contributed by atoms with Gasteiger partial charge in [0.25, 0.3) is 0 Å². The first-order chi connectivity index (χ1) is 12.2. The van der Waals surface area contributed by atoms with E-state index in [1.165, 1.54) is 16.9 Å². The van der Waals surface area contributed by atoms with Crippen LogP contribution in [0.2, 0.25) is 0 Å². The van der Waals surface area contributed by atoms with Crippen molar-refractivity contribution in [3.8, 4) is 5.75 Å². The highest BCUT2D eigenvalue weighted by Gasteiger charge is 2.17. The Bertz CT molecular complexity index is 659. The van der Waals surface area contributed by atoms with E-state index in [4.69, 9.17) is 4.74 Å². The minimum Gasteiger partial charge on any atom is -0.497 e. The molecule has 0 aliphatic heterocycles. The Labute approximate surface area is 157 Å². The van der Waals surface area contributed by atoms with Crippen molar-refractivity contribution in [1.29, 1.82) is 0 Å². The number of hydrogen-bond donors (Lipinski definition) is 1. The quantitative estimate of drug-likeness (QED) is 0.465. The number of ether oxygens (including phenoxy) is 1. The lowest BCUT2D eigenvalue weighted by molar-refractivity contribution is -0.120. The van der Waals surface area contributed by atoms with Gasteiger partial charge in [-0.15, -0.1) is 10.2 Å². The summed E-state index contributed by atoms with van der Waals surface area (Å²) in [5.41, 5.74) is 1.19. The second-order valence-corrected chi connectivity index (χ2v) is 7.95. The van der Waals surface area contributed by atoms with Crippen LogP contribution in [0.15, 0.2) is 28.6 Å². The molecular weight excluding hydrogens is 354 g/mol. The van der Waals surface area contributed by atoms with Crippen molar-refractivity contribution < 1.29 is 9.53 Å². The summed E-state index contributed by atoms with van der Waals surface area (Å²) < 4.78 is 6.01. The molecule has 0 aliphatic rings. The number of amides is 1. The molecular formula is C18H25N3O2S2. The van der Waals surface area contributed by atoms with Crippen LogP contribution in [-0.4, -0.2) is 23.2 Å².